The van der Waals surface area contributed by atoms with Gasteiger partial charge in [-0.1, -0.05) is 42.2 Å². The Morgan fingerprint density at radius 3 is 2.52 bits per heavy atom. The van der Waals surface area contributed by atoms with Crippen molar-refractivity contribution in [2.24, 2.45) is 0 Å². The molecule has 6 heteroatoms. The van der Waals surface area contributed by atoms with Crippen LogP contribution in [0.4, 0.5) is 0 Å². The maximum absolute atomic E-state index is 11.9. The average molecular weight is 338 g/mol. The summed E-state index contributed by atoms with van der Waals surface area (Å²) < 4.78 is 9.33. The van der Waals surface area contributed by atoms with Crippen LogP contribution in [0.1, 0.15) is 32.0 Å². The predicted octanol–water partition coefficient (Wildman–Crippen LogP) is 1.80. The highest BCUT2D eigenvalue weighted by molar-refractivity contribution is 5.95. The quantitative estimate of drug-likeness (QED) is 0.509. The van der Waals surface area contributed by atoms with E-state index in [1.165, 1.54) is 26.5 Å². The highest BCUT2D eigenvalue weighted by Crippen LogP contribution is 2.11. The van der Waals surface area contributed by atoms with E-state index in [2.05, 4.69) is 26.9 Å². The first kappa shape index (κ1) is 18.2. The maximum Gasteiger partial charge on any atom is 0.356 e. The van der Waals surface area contributed by atoms with Crippen LogP contribution in [-0.2, 0) is 16.0 Å². The van der Waals surface area contributed by atoms with Crippen molar-refractivity contribution in [3.8, 4) is 11.8 Å². The zero-order chi connectivity index (χ0) is 18.1. The van der Waals surface area contributed by atoms with E-state index in [4.69, 9.17) is 4.74 Å². The van der Waals surface area contributed by atoms with Gasteiger partial charge in [-0.15, -0.1) is 0 Å². The Morgan fingerprint density at radius 2 is 1.84 bits per heavy atom. The molecule has 0 amide bonds. The lowest BCUT2D eigenvalue weighted by atomic mass is 10.1. The van der Waals surface area contributed by atoms with E-state index in [-0.39, 0.29) is 11.3 Å². The molecule has 0 radical (unpaired) electrons. The Morgan fingerprint density at radius 1 is 1.12 bits per heavy atom. The maximum atomic E-state index is 11.9. The molecule has 0 saturated heterocycles. The molecule has 1 N–H and O–H groups in total. The second kappa shape index (κ2) is 9.21. The number of rotatable bonds is 5. The zero-order valence-electron chi connectivity index (χ0n) is 14.0. The number of aromatic nitrogens is 1. The number of hydrogen-bond acceptors (Lipinski definition) is 6. The first-order valence-corrected chi connectivity index (χ1v) is 7.56. The summed E-state index contributed by atoms with van der Waals surface area (Å²) in [5.74, 6) is 4.58. The molecular formula is C19H18N2O4. The minimum Gasteiger partial charge on any atom is -0.465 e. The van der Waals surface area contributed by atoms with Crippen molar-refractivity contribution in [1.82, 2.24) is 10.3 Å². The van der Waals surface area contributed by atoms with Crippen molar-refractivity contribution in [2.75, 3.05) is 20.8 Å². The Balaban J connectivity index is 2.08. The van der Waals surface area contributed by atoms with Gasteiger partial charge in [0.15, 0.2) is 0 Å². The standard InChI is InChI=1S/C19H18N2O4/c1-24-18(22)16-11-17(19(23)25-2)21-13-15(16)9-6-10-20-12-14-7-4-3-5-8-14/h3-5,7-8,11,13,20H,10,12H2,1-2H3. The van der Waals surface area contributed by atoms with Gasteiger partial charge in [0, 0.05) is 12.7 Å². The molecule has 25 heavy (non-hydrogen) atoms. The van der Waals surface area contributed by atoms with E-state index in [0.29, 0.717) is 18.7 Å². The van der Waals surface area contributed by atoms with E-state index < -0.39 is 11.9 Å². The SMILES string of the molecule is COC(=O)c1cc(C(=O)OC)c(C#CCNCc2ccccc2)cn1. The summed E-state index contributed by atoms with van der Waals surface area (Å²) >= 11 is 0. The lowest BCUT2D eigenvalue weighted by Crippen LogP contribution is -2.13. The highest BCUT2D eigenvalue weighted by atomic mass is 16.5. The van der Waals surface area contributed by atoms with Crippen molar-refractivity contribution in [3.05, 3.63) is 65.0 Å². The van der Waals surface area contributed by atoms with E-state index in [9.17, 15) is 9.59 Å². The van der Waals surface area contributed by atoms with Crippen LogP contribution in [0, 0.1) is 11.8 Å². The van der Waals surface area contributed by atoms with Gasteiger partial charge in [0.25, 0.3) is 0 Å². The van der Waals surface area contributed by atoms with E-state index in [1.54, 1.807) is 0 Å². The molecule has 6 nitrogen and oxygen atoms in total. The molecule has 0 saturated carbocycles. The fraction of sp³-hybridized carbons (Fsp3) is 0.211. The van der Waals surface area contributed by atoms with Crippen molar-refractivity contribution in [2.45, 2.75) is 6.54 Å². The third-order valence-electron chi connectivity index (χ3n) is 3.31. The summed E-state index contributed by atoms with van der Waals surface area (Å²) in [6.07, 6.45) is 1.36. The van der Waals surface area contributed by atoms with Gasteiger partial charge in [0.2, 0.25) is 0 Å². The van der Waals surface area contributed by atoms with Crippen LogP contribution in [0.5, 0.6) is 0 Å². The van der Waals surface area contributed by atoms with Crippen LogP contribution < -0.4 is 5.32 Å². The number of pyridine rings is 1. The monoisotopic (exact) mass is 338 g/mol. The molecule has 0 fully saturated rings. The Hall–Kier alpha value is -3.17. The third-order valence-corrected chi connectivity index (χ3v) is 3.31. The molecule has 1 aromatic carbocycles. The van der Waals surface area contributed by atoms with Gasteiger partial charge >= 0.3 is 11.9 Å². The van der Waals surface area contributed by atoms with Gasteiger partial charge in [-0.3, -0.25) is 0 Å². The smallest absolute Gasteiger partial charge is 0.356 e. The number of nitrogens with one attached hydrogen (secondary N) is 1. The molecule has 0 aliphatic carbocycles. The molecule has 2 aromatic rings. The predicted molar refractivity (Wildman–Crippen MR) is 91.9 cm³/mol. The molecule has 0 aliphatic heterocycles. The second-order valence-electron chi connectivity index (χ2n) is 4.99. The van der Waals surface area contributed by atoms with Crippen molar-refractivity contribution in [3.63, 3.8) is 0 Å². The summed E-state index contributed by atoms with van der Waals surface area (Å²) in [4.78, 5) is 27.4. The minimum atomic E-state index is -0.630. The molecule has 0 bridgehead atoms. The number of esters is 2. The van der Waals surface area contributed by atoms with Crippen molar-refractivity contribution in [1.29, 1.82) is 0 Å². The van der Waals surface area contributed by atoms with Crippen molar-refractivity contribution < 1.29 is 19.1 Å². The van der Waals surface area contributed by atoms with Crippen LogP contribution in [0.25, 0.3) is 0 Å². The Kier molecular flexibility index (Phi) is 6.69. The lowest BCUT2D eigenvalue weighted by molar-refractivity contribution is 0.0593. The molecule has 0 spiro atoms. The molecular weight excluding hydrogens is 320 g/mol. The van der Waals surface area contributed by atoms with Crippen LogP contribution in [0.15, 0.2) is 42.6 Å². The van der Waals surface area contributed by atoms with Crippen LogP contribution in [0.2, 0.25) is 0 Å². The first-order chi connectivity index (χ1) is 12.2. The Bertz CT molecular complexity index is 807. The number of carbonyl (C=O) groups excluding carboxylic acids is 2. The molecule has 1 aromatic heterocycles. The topological polar surface area (TPSA) is 77.5 Å². The van der Waals surface area contributed by atoms with Gasteiger partial charge < -0.3 is 14.8 Å². The third kappa shape index (κ3) is 5.16. The number of nitrogens with zero attached hydrogens (tertiary/aromatic N) is 1. The fourth-order valence-corrected chi connectivity index (χ4v) is 2.05. The summed E-state index contributed by atoms with van der Waals surface area (Å²) in [5, 5.41) is 3.19. The highest BCUT2D eigenvalue weighted by Gasteiger charge is 2.16. The summed E-state index contributed by atoms with van der Waals surface area (Å²) in [5.41, 5.74) is 1.74. The normalized spacial score (nSPS) is 9.68. The number of benzene rings is 1. The molecule has 0 unspecified atom stereocenters. The number of hydrogen-bond donors (Lipinski definition) is 1. The van der Waals surface area contributed by atoms with Crippen LogP contribution >= 0.6 is 0 Å². The van der Waals surface area contributed by atoms with Gasteiger partial charge in [0.1, 0.15) is 5.69 Å². The van der Waals surface area contributed by atoms with Crippen LogP contribution in [0.3, 0.4) is 0 Å². The molecule has 2 rings (SSSR count). The van der Waals surface area contributed by atoms with E-state index >= 15 is 0 Å². The average Bonchev–Trinajstić information content (AvgIpc) is 2.67. The van der Waals surface area contributed by atoms with Gasteiger partial charge in [-0.05, 0) is 11.6 Å². The largest absolute Gasteiger partial charge is 0.465 e. The van der Waals surface area contributed by atoms with Gasteiger partial charge in [-0.2, -0.15) is 0 Å². The van der Waals surface area contributed by atoms with Gasteiger partial charge in [-0.25, -0.2) is 14.6 Å². The first-order valence-electron chi connectivity index (χ1n) is 7.56. The second-order valence-corrected chi connectivity index (χ2v) is 4.99. The summed E-state index contributed by atoms with van der Waals surface area (Å²) in [6, 6.07) is 11.3. The number of methoxy groups -OCH3 is 2. The molecule has 0 atom stereocenters. The van der Waals surface area contributed by atoms with E-state index in [1.807, 2.05) is 30.3 Å². The molecule has 1 heterocycles. The van der Waals surface area contributed by atoms with Crippen molar-refractivity contribution >= 4 is 11.9 Å². The number of carbonyl (C=O) groups is 2. The van der Waals surface area contributed by atoms with E-state index in [0.717, 1.165) is 5.56 Å². The number of ether oxygens (including phenoxy) is 2. The zero-order valence-corrected chi connectivity index (χ0v) is 14.0. The lowest BCUT2D eigenvalue weighted by Gasteiger charge is -2.05. The van der Waals surface area contributed by atoms with Crippen LogP contribution in [-0.4, -0.2) is 37.7 Å². The fourth-order valence-electron chi connectivity index (χ4n) is 2.05. The van der Waals surface area contributed by atoms with Gasteiger partial charge in [0.05, 0.1) is 31.9 Å². The minimum absolute atomic E-state index is 0.0238. The summed E-state index contributed by atoms with van der Waals surface area (Å²) in [6.45, 7) is 1.13. The summed E-state index contributed by atoms with van der Waals surface area (Å²) in [7, 11) is 2.51. The molecule has 0 aliphatic rings. The molecule has 128 valence electrons. The Labute approximate surface area is 146 Å².